The van der Waals surface area contributed by atoms with E-state index in [1.807, 2.05) is 0 Å². The standard InChI is InChI=1S/C10H14F3NO3/c11-10(12,13)6-14-9(16)5-17-8-3-1-7(15)2-4-8/h8H,1-6H2,(H,14,16). The number of carbonyl (C=O) groups excluding carboxylic acids is 2. The molecule has 4 nitrogen and oxygen atoms in total. The van der Waals surface area contributed by atoms with Crippen LogP contribution in [0.15, 0.2) is 0 Å². The molecule has 0 aliphatic heterocycles. The molecule has 1 aliphatic rings. The van der Waals surface area contributed by atoms with Gasteiger partial charge in [0.2, 0.25) is 5.91 Å². The first-order valence-corrected chi connectivity index (χ1v) is 5.33. The van der Waals surface area contributed by atoms with Gasteiger partial charge in [-0.2, -0.15) is 13.2 Å². The number of hydrogen-bond acceptors (Lipinski definition) is 3. The third-order valence-electron chi connectivity index (χ3n) is 2.43. The smallest absolute Gasteiger partial charge is 0.368 e. The van der Waals surface area contributed by atoms with Gasteiger partial charge in [0.15, 0.2) is 0 Å². The van der Waals surface area contributed by atoms with Gasteiger partial charge in [-0.3, -0.25) is 9.59 Å². The Morgan fingerprint density at radius 1 is 1.35 bits per heavy atom. The molecule has 1 N–H and O–H groups in total. The van der Waals surface area contributed by atoms with Gasteiger partial charge in [0.05, 0.1) is 6.10 Å². The third-order valence-corrected chi connectivity index (χ3v) is 2.43. The van der Waals surface area contributed by atoms with Gasteiger partial charge in [-0.05, 0) is 12.8 Å². The van der Waals surface area contributed by atoms with Crippen LogP contribution in [-0.4, -0.2) is 37.1 Å². The maximum absolute atomic E-state index is 11.8. The summed E-state index contributed by atoms with van der Waals surface area (Å²) in [6, 6.07) is 0. The number of rotatable bonds is 4. The van der Waals surface area contributed by atoms with Gasteiger partial charge in [-0.25, -0.2) is 0 Å². The SMILES string of the molecule is O=C1CCC(OCC(=O)NCC(F)(F)F)CC1. The fraction of sp³-hybridized carbons (Fsp3) is 0.800. The van der Waals surface area contributed by atoms with Crippen LogP contribution in [0.1, 0.15) is 25.7 Å². The number of nitrogens with one attached hydrogen (secondary N) is 1. The zero-order valence-corrected chi connectivity index (χ0v) is 9.18. The lowest BCUT2D eigenvalue weighted by molar-refractivity contribution is -0.143. The molecule has 0 spiro atoms. The van der Waals surface area contributed by atoms with E-state index in [4.69, 9.17) is 4.74 Å². The van der Waals surface area contributed by atoms with Gasteiger partial charge < -0.3 is 10.1 Å². The lowest BCUT2D eigenvalue weighted by Gasteiger charge is -2.21. The van der Waals surface area contributed by atoms with Gasteiger partial charge in [0, 0.05) is 12.8 Å². The molecule has 0 aromatic rings. The van der Waals surface area contributed by atoms with Crippen LogP contribution >= 0.6 is 0 Å². The van der Waals surface area contributed by atoms with Gasteiger partial charge in [-0.15, -0.1) is 0 Å². The predicted molar refractivity (Wildman–Crippen MR) is 52.3 cm³/mol. The van der Waals surface area contributed by atoms with Gasteiger partial charge in [-0.1, -0.05) is 0 Å². The Morgan fingerprint density at radius 2 is 1.94 bits per heavy atom. The molecule has 0 unspecified atom stereocenters. The van der Waals surface area contributed by atoms with E-state index in [1.165, 1.54) is 0 Å². The fourth-order valence-electron chi connectivity index (χ4n) is 1.52. The normalized spacial score (nSPS) is 18.2. The van der Waals surface area contributed by atoms with E-state index in [1.54, 1.807) is 5.32 Å². The van der Waals surface area contributed by atoms with Crippen LogP contribution in [-0.2, 0) is 14.3 Å². The second kappa shape index (κ2) is 6.00. The molecule has 1 amide bonds. The summed E-state index contributed by atoms with van der Waals surface area (Å²) in [5.74, 6) is -0.634. The van der Waals surface area contributed by atoms with E-state index in [9.17, 15) is 22.8 Å². The topological polar surface area (TPSA) is 55.4 Å². The number of ketones is 1. The van der Waals surface area contributed by atoms with E-state index in [0.29, 0.717) is 25.7 Å². The number of ether oxygens (including phenoxy) is 1. The van der Waals surface area contributed by atoms with Gasteiger partial charge >= 0.3 is 6.18 Å². The van der Waals surface area contributed by atoms with Gasteiger partial charge in [0.1, 0.15) is 18.9 Å². The Morgan fingerprint density at radius 3 is 2.47 bits per heavy atom. The first kappa shape index (κ1) is 14.0. The molecule has 0 radical (unpaired) electrons. The van der Waals surface area contributed by atoms with Crippen LogP contribution in [0.25, 0.3) is 0 Å². The molecule has 1 rings (SSSR count). The van der Waals surface area contributed by atoms with Crippen molar-refractivity contribution in [3.8, 4) is 0 Å². The highest BCUT2D eigenvalue weighted by molar-refractivity contribution is 5.79. The highest BCUT2D eigenvalue weighted by Crippen LogP contribution is 2.17. The summed E-state index contributed by atoms with van der Waals surface area (Å²) < 4.78 is 40.4. The summed E-state index contributed by atoms with van der Waals surface area (Å²) >= 11 is 0. The van der Waals surface area contributed by atoms with Crippen LogP contribution in [0.3, 0.4) is 0 Å². The Hall–Kier alpha value is -1.11. The number of alkyl halides is 3. The predicted octanol–water partition coefficient (Wildman–Crippen LogP) is 1.19. The minimum Gasteiger partial charge on any atom is -0.368 e. The second-order valence-corrected chi connectivity index (χ2v) is 3.94. The molecular weight excluding hydrogens is 239 g/mol. The van der Waals surface area contributed by atoms with E-state index < -0.39 is 25.2 Å². The van der Waals surface area contributed by atoms with Crippen molar-refractivity contribution >= 4 is 11.7 Å². The maximum Gasteiger partial charge on any atom is 0.405 e. The Labute approximate surface area is 96.5 Å². The Kier molecular flexibility index (Phi) is 4.92. The van der Waals surface area contributed by atoms with Crippen LogP contribution in [0.4, 0.5) is 13.2 Å². The molecule has 0 atom stereocenters. The molecule has 0 aromatic carbocycles. The average Bonchev–Trinajstić information content (AvgIpc) is 2.25. The van der Waals surface area contributed by atoms with Crippen molar-refractivity contribution in [2.24, 2.45) is 0 Å². The Bertz CT molecular complexity index is 281. The van der Waals surface area contributed by atoms with E-state index in [0.717, 1.165) is 0 Å². The second-order valence-electron chi connectivity index (χ2n) is 3.94. The van der Waals surface area contributed by atoms with Gasteiger partial charge in [0.25, 0.3) is 0 Å². The van der Waals surface area contributed by atoms with Crippen molar-refractivity contribution in [2.75, 3.05) is 13.2 Å². The number of amides is 1. The maximum atomic E-state index is 11.8. The van der Waals surface area contributed by atoms with Crippen molar-refractivity contribution in [2.45, 2.75) is 38.0 Å². The quantitative estimate of drug-likeness (QED) is 0.818. The van der Waals surface area contributed by atoms with E-state index in [-0.39, 0.29) is 11.9 Å². The van der Waals surface area contributed by atoms with Crippen molar-refractivity contribution in [1.29, 1.82) is 0 Å². The summed E-state index contributed by atoms with van der Waals surface area (Å²) in [6.45, 7) is -1.74. The first-order chi connectivity index (χ1) is 7.87. The van der Waals surface area contributed by atoms with Crippen LogP contribution in [0.5, 0.6) is 0 Å². The summed E-state index contributed by atoms with van der Waals surface area (Å²) in [5, 5.41) is 1.72. The molecule has 0 bridgehead atoms. The molecule has 17 heavy (non-hydrogen) atoms. The first-order valence-electron chi connectivity index (χ1n) is 5.33. The fourth-order valence-corrected chi connectivity index (χ4v) is 1.52. The van der Waals surface area contributed by atoms with E-state index >= 15 is 0 Å². The number of Topliss-reactive ketones (excluding diaryl/α,β-unsaturated/α-hetero) is 1. The molecule has 0 saturated heterocycles. The molecule has 0 aromatic heterocycles. The number of halogens is 3. The van der Waals surface area contributed by atoms with Crippen LogP contribution in [0, 0.1) is 0 Å². The highest BCUT2D eigenvalue weighted by Gasteiger charge is 2.28. The number of carbonyl (C=O) groups is 2. The molecule has 1 saturated carbocycles. The zero-order valence-electron chi connectivity index (χ0n) is 9.18. The lowest BCUT2D eigenvalue weighted by atomic mass is 9.96. The molecule has 98 valence electrons. The summed E-state index contributed by atoms with van der Waals surface area (Å²) in [6.07, 6.45) is -2.72. The highest BCUT2D eigenvalue weighted by atomic mass is 19.4. The van der Waals surface area contributed by atoms with Crippen molar-refractivity contribution in [1.82, 2.24) is 5.32 Å². The minimum absolute atomic E-state index is 0.159. The largest absolute Gasteiger partial charge is 0.405 e. The molecule has 7 heteroatoms. The summed E-state index contributed by atoms with van der Waals surface area (Å²) in [5.41, 5.74) is 0. The minimum atomic E-state index is -4.41. The molecule has 0 heterocycles. The zero-order chi connectivity index (χ0) is 12.9. The molecule has 1 aliphatic carbocycles. The van der Waals surface area contributed by atoms with Crippen LogP contribution < -0.4 is 5.32 Å². The average molecular weight is 253 g/mol. The monoisotopic (exact) mass is 253 g/mol. The lowest BCUT2D eigenvalue weighted by Crippen LogP contribution is -2.37. The summed E-state index contributed by atoms with van der Waals surface area (Å²) in [7, 11) is 0. The third kappa shape index (κ3) is 6.25. The summed E-state index contributed by atoms with van der Waals surface area (Å²) in [4.78, 5) is 21.9. The van der Waals surface area contributed by atoms with Crippen molar-refractivity contribution in [3.63, 3.8) is 0 Å². The molecular formula is C10H14F3NO3. The molecule has 1 fully saturated rings. The van der Waals surface area contributed by atoms with Crippen molar-refractivity contribution < 1.29 is 27.5 Å². The Balaban J connectivity index is 2.13. The number of hydrogen-bond donors (Lipinski definition) is 1. The van der Waals surface area contributed by atoms with Crippen molar-refractivity contribution in [3.05, 3.63) is 0 Å². The van der Waals surface area contributed by atoms with E-state index in [2.05, 4.69) is 0 Å². The van der Waals surface area contributed by atoms with Crippen LogP contribution in [0.2, 0.25) is 0 Å².